The number of amides is 2. The van der Waals surface area contributed by atoms with Crippen molar-refractivity contribution in [2.45, 2.75) is 19.9 Å². The standard InChI is InChI=1S/C18H20N4O3/c1-13-7-8-16(23)22(20-13)10-9-19-18(25)14-11-17(24)21(12-14)15-5-3-2-4-6-15/h2-8,14H,9-12H2,1H3,(H,19,25). The van der Waals surface area contributed by atoms with Crippen molar-refractivity contribution in [3.05, 3.63) is 58.5 Å². The third-order valence-electron chi connectivity index (χ3n) is 4.19. The molecule has 130 valence electrons. The number of hydrogen-bond acceptors (Lipinski definition) is 4. The molecule has 25 heavy (non-hydrogen) atoms. The highest BCUT2D eigenvalue weighted by Crippen LogP contribution is 2.24. The Balaban J connectivity index is 1.55. The van der Waals surface area contributed by atoms with Crippen LogP contribution in [0.1, 0.15) is 12.1 Å². The fourth-order valence-electron chi connectivity index (χ4n) is 2.88. The maximum Gasteiger partial charge on any atom is 0.266 e. The fraction of sp³-hybridized carbons (Fsp3) is 0.333. The van der Waals surface area contributed by atoms with Crippen LogP contribution in [0.25, 0.3) is 0 Å². The zero-order valence-corrected chi connectivity index (χ0v) is 14.0. The van der Waals surface area contributed by atoms with Gasteiger partial charge in [0.15, 0.2) is 0 Å². The Kier molecular flexibility index (Phi) is 4.92. The van der Waals surface area contributed by atoms with Crippen LogP contribution in [-0.4, -0.2) is 34.7 Å². The van der Waals surface area contributed by atoms with Crippen LogP contribution in [0.5, 0.6) is 0 Å². The van der Waals surface area contributed by atoms with Crippen molar-refractivity contribution in [1.82, 2.24) is 15.1 Å². The van der Waals surface area contributed by atoms with Crippen molar-refractivity contribution in [2.24, 2.45) is 5.92 Å². The molecule has 1 atom stereocenters. The third kappa shape index (κ3) is 3.93. The average molecular weight is 340 g/mol. The summed E-state index contributed by atoms with van der Waals surface area (Å²) in [6.07, 6.45) is 0.198. The van der Waals surface area contributed by atoms with E-state index in [1.807, 2.05) is 30.3 Å². The first kappa shape index (κ1) is 16.9. The number of hydrogen-bond donors (Lipinski definition) is 1. The Morgan fingerprint density at radius 2 is 1.96 bits per heavy atom. The number of carbonyl (C=O) groups excluding carboxylic acids is 2. The highest BCUT2D eigenvalue weighted by Gasteiger charge is 2.34. The monoisotopic (exact) mass is 340 g/mol. The van der Waals surface area contributed by atoms with E-state index in [0.29, 0.717) is 19.6 Å². The van der Waals surface area contributed by atoms with Gasteiger partial charge in [-0.15, -0.1) is 0 Å². The highest BCUT2D eigenvalue weighted by molar-refractivity contribution is 6.00. The lowest BCUT2D eigenvalue weighted by atomic mass is 10.1. The number of para-hydroxylation sites is 1. The van der Waals surface area contributed by atoms with Gasteiger partial charge in [-0.05, 0) is 25.1 Å². The molecule has 0 radical (unpaired) electrons. The maximum atomic E-state index is 12.3. The molecule has 1 aliphatic rings. The van der Waals surface area contributed by atoms with E-state index < -0.39 is 0 Å². The predicted octanol–water partition coefficient (Wildman–Crippen LogP) is 0.721. The molecular formula is C18H20N4O3. The second kappa shape index (κ2) is 7.29. The van der Waals surface area contributed by atoms with Gasteiger partial charge in [-0.3, -0.25) is 14.4 Å². The minimum atomic E-state index is -0.380. The molecule has 3 rings (SSSR count). The Morgan fingerprint density at radius 1 is 1.20 bits per heavy atom. The van der Waals surface area contributed by atoms with Gasteiger partial charge in [-0.2, -0.15) is 5.10 Å². The van der Waals surface area contributed by atoms with Gasteiger partial charge in [0.05, 0.1) is 18.2 Å². The molecule has 0 aliphatic carbocycles. The lowest BCUT2D eigenvalue weighted by molar-refractivity contribution is -0.126. The first-order valence-electron chi connectivity index (χ1n) is 8.22. The smallest absolute Gasteiger partial charge is 0.266 e. The van der Waals surface area contributed by atoms with Gasteiger partial charge in [-0.25, -0.2) is 4.68 Å². The zero-order valence-electron chi connectivity index (χ0n) is 14.0. The van der Waals surface area contributed by atoms with Gasteiger partial charge in [0.2, 0.25) is 11.8 Å². The Labute approximate surface area is 145 Å². The van der Waals surface area contributed by atoms with Crippen molar-refractivity contribution in [1.29, 1.82) is 0 Å². The number of nitrogens with one attached hydrogen (secondary N) is 1. The molecule has 1 aromatic heterocycles. The quantitative estimate of drug-likeness (QED) is 0.869. The summed E-state index contributed by atoms with van der Waals surface area (Å²) in [6, 6.07) is 12.4. The van der Waals surface area contributed by atoms with Crippen LogP contribution in [0.15, 0.2) is 47.3 Å². The van der Waals surface area contributed by atoms with E-state index in [1.165, 1.54) is 10.7 Å². The van der Waals surface area contributed by atoms with Gasteiger partial charge in [-0.1, -0.05) is 18.2 Å². The predicted molar refractivity (Wildman–Crippen MR) is 93.1 cm³/mol. The Hall–Kier alpha value is -2.96. The number of anilines is 1. The van der Waals surface area contributed by atoms with E-state index >= 15 is 0 Å². The van der Waals surface area contributed by atoms with Crippen molar-refractivity contribution in [2.75, 3.05) is 18.0 Å². The Morgan fingerprint density at radius 3 is 2.72 bits per heavy atom. The fourth-order valence-corrected chi connectivity index (χ4v) is 2.88. The second-order valence-electron chi connectivity index (χ2n) is 6.07. The highest BCUT2D eigenvalue weighted by atomic mass is 16.2. The van der Waals surface area contributed by atoms with Crippen LogP contribution >= 0.6 is 0 Å². The number of nitrogens with zero attached hydrogens (tertiary/aromatic N) is 3. The Bertz CT molecular complexity index is 832. The van der Waals surface area contributed by atoms with Crippen LogP contribution in [-0.2, 0) is 16.1 Å². The molecular weight excluding hydrogens is 320 g/mol. The molecule has 0 bridgehead atoms. The van der Waals surface area contributed by atoms with Gasteiger partial charge >= 0.3 is 0 Å². The van der Waals surface area contributed by atoms with E-state index in [0.717, 1.165) is 11.4 Å². The molecule has 0 spiro atoms. The second-order valence-corrected chi connectivity index (χ2v) is 6.07. The summed E-state index contributed by atoms with van der Waals surface area (Å²) < 4.78 is 1.33. The van der Waals surface area contributed by atoms with Crippen LogP contribution in [0.4, 0.5) is 5.69 Å². The first-order valence-corrected chi connectivity index (χ1v) is 8.22. The van der Waals surface area contributed by atoms with E-state index in [-0.39, 0.29) is 29.7 Å². The van der Waals surface area contributed by atoms with Crippen molar-refractivity contribution < 1.29 is 9.59 Å². The molecule has 1 N–H and O–H groups in total. The molecule has 7 heteroatoms. The van der Waals surface area contributed by atoms with Gasteiger partial charge in [0.1, 0.15) is 0 Å². The lowest BCUT2D eigenvalue weighted by Gasteiger charge is -2.16. The van der Waals surface area contributed by atoms with Gasteiger partial charge < -0.3 is 10.2 Å². The summed E-state index contributed by atoms with van der Waals surface area (Å²) in [5.74, 6) is -0.606. The number of benzene rings is 1. The molecule has 2 aromatic rings. The lowest BCUT2D eigenvalue weighted by Crippen LogP contribution is -2.36. The first-order chi connectivity index (χ1) is 12.0. The number of carbonyl (C=O) groups is 2. The topological polar surface area (TPSA) is 84.3 Å². The van der Waals surface area contributed by atoms with Crippen LogP contribution in [0.3, 0.4) is 0 Å². The molecule has 0 saturated carbocycles. The zero-order chi connectivity index (χ0) is 17.8. The molecule has 1 unspecified atom stereocenters. The molecule has 7 nitrogen and oxygen atoms in total. The van der Waals surface area contributed by atoms with E-state index in [9.17, 15) is 14.4 Å². The molecule has 1 fully saturated rings. The summed E-state index contributed by atoms with van der Waals surface area (Å²) in [5.41, 5.74) is 1.34. The molecule has 2 heterocycles. The SMILES string of the molecule is Cc1ccc(=O)n(CCNC(=O)C2CC(=O)N(c3ccccc3)C2)n1. The van der Waals surface area contributed by atoms with E-state index in [4.69, 9.17) is 0 Å². The summed E-state index contributed by atoms with van der Waals surface area (Å²) in [7, 11) is 0. The minimum absolute atomic E-state index is 0.0529. The van der Waals surface area contributed by atoms with Gasteiger partial charge in [0, 0.05) is 31.3 Å². The summed E-state index contributed by atoms with van der Waals surface area (Å²) in [6.45, 7) is 2.77. The number of rotatable bonds is 5. The largest absolute Gasteiger partial charge is 0.354 e. The van der Waals surface area contributed by atoms with Crippen LogP contribution in [0.2, 0.25) is 0 Å². The number of aromatic nitrogens is 2. The minimum Gasteiger partial charge on any atom is -0.354 e. The summed E-state index contributed by atoms with van der Waals surface area (Å²) >= 11 is 0. The molecule has 1 aromatic carbocycles. The molecule has 1 aliphatic heterocycles. The third-order valence-corrected chi connectivity index (χ3v) is 4.19. The van der Waals surface area contributed by atoms with Gasteiger partial charge in [0.25, 0.3) is 5.56 Å². The molecule has 1 saturated heterocycles. The normalized spacial score (nSPS) is 16.9. The van der Waals surface area contributed by atoms with Crippen LogP contribution in [0, 0.1) is 12.8 Å². The average Bonchev–Trinajstić information content (AvgIpc) is 3.00. The van der Waals surface area contributed by atoms with Crippen molar-refractivity contribution in [3.63, 3.8) is 0 Å². The van der Waals surface area contributed by atoms with E-state index in [2.05, 4.69) is 10.4 Å². The van der Waals surface area contributed by atoms with E-state index in [1.54, 1.807) is 17.9 Å². The summed E-state index contributed by atoms with van der Waals surface area (Å²) in [4.78, 5) is 37.8. The molecule has 2 amide bonds. The maximum absolute atomic E-state index is 12.3. The van der Waals surface area contributed by atoms with Crippen molar-refractivity contribution in [3.8, 4) is 0 Å². The number of aryl methyl sites for hydroxylation is 1. The van der Waals surface area contributed by atoms with Crippen molar-refractivity contribution >= 4 is 17.5 Å². The summed E-state index contributed by atoms with van der Waals surface area (Å²) in [5, 5.41) is 6.92. The van der Waals surface area contributed by atoms with Crippen LogP contribution < -0.4 is 15.8 Å².